The van der Waals surface area contributed by atoms with Crippen LogP contribution in [0.1, 0.15) is 29.1 Å². The Morgan fingerprint density at radius 1 is 1.13 bits per heavy atom. The van der Waals surface area contributed by atoms with E-state index in [9.17, 15) is 8.78 Å². The van der Waals surface area contributed by atoms with Crippen molar-refractivity contribution in [2.24, 2.45) is 0 Å². The number of aryl methyl sites for hydroxylation is 3. The summed E-state index contributed by atoms with van der Waals surface area (Å²) in [4.78, 5) is 10.0. The van der Waals surface area contributed by atoms with Gasteiger partial charge in [0.1, 0.15) is 11.6 Å². The summed E-state index contributed by atoms with van der Waals surface area (Å²) in [6.07, 6.45) is 2.68. The maximum atomic E-state index is 14.1. The van der Waals surface area contributed by atoms with Crippen molar-refractivity contribution in [2.45, 2.75) is 26.2 Å². The molecule has 0 radical (unpaired) electrons. The van der Waals surface area contributed by atoms with Crippen molar-refractivity contribution >= 4 is 22.2 Å². The van der Waals surface area contributed by atoms with E-state index in [-0.39, 0.29) is 11.3 Å². The minimum atomic E-state index is -0.662. The number of halogens is 2. The number of anilines is 1. The molecular weight excluding hydrogens is 418 g/mol. The molecule has 5 nitrogen and oxygen atoms in total. The number of fused-ring (bicyclic) bond motifs is 3. The van der Waals surface area contributed by atoms with Crippen molar-refractivity contribution in [3.8, 4) is 21.8 Å². The molecule has 1 aliphatic rings. The van der Waals surface area contributed by atoms with E-state index in [0.717, 1.165) is 41.0 Å². The molecule has 156 valence electrons. The number of hydrogen-bond acceptors (Lipinski definition) is 6. The lowest BCUT2D eigenvalue weighted by molar-refractivity contribution is 0.394. The molecule has 1 aliphatic carbocycles. The molecule has 2 heterocycles. The highest BCUT2D eigenvalue weighted by Gasteiger charge is 2.21. The fourth-order valence-electron chi connectivity index (χ4n) is 3.79. The van der Waals surface area contributed by atoms with E-state index < -0.39 is 11.6 Å². The standard InChI is InChI=1S/C23H18F2N4OS/c1-12(20-17(24)6-4-7-18(20)25)26-23-28-19-8-3-5-14-11-15(22-27-13(2)30-29-22)9-10-16(14)21(19)31-23/h4,6-7,9-11H,1,3,5,8H2,2H3,(H,26,28). The van der Waals surface area contributed by atoms with Crippen LogP contribution in [0.4, 0.5) is 13.9 Å². The first kappa shape index (κ1) is 19.6. The molecular formula is C23H18F2N4OS. The van der Waals surface area contributed by atoms with Crippen molar-refractivity contribution in [1.82, 2.24) is 15.1 Å². The van der Waals surface area contributed by atoms with E-state index in [1.807, 2.05) is 12.1 Å². The molecule has 8 heteroatoms. The van der Waals surface area contributed by atoms with Gasteiger partial charge in [-0.05, 0) is 48.6 Å². The average Bonchev–Trinajstić information content (AvgIpc) is 3.30. The Kier molecular flexibility index (Phi) is 4.86. The number of rotatable bonds is 4. The van der Waals surface area contributed by atoms with Gasteiger partial charge >= 0.3 is 0 Å². The van der Waals surface area contributed by atoms with Gasteiger partial charge in [-0.15, -0.1) is 0 Å². The summed E-state index contributed by atoms with van der Waals surface area (Å²) < 4.78 is 33.3. The first-order valence-electron chi connectivity index (χ1n) is 9.83. The van der Waals surface area contributed by atoms with Crippen molar-refractivity contribution in [2.75, 3.05) is 5.32 Å². The average molecular weight is 436 g/mol. The van der Waals surface area contributed by atoms with Gasteiger partial charge in [-0.25, -0.2) is 13.8 Å². The molecule has 0 saturated heterocycles. The summed E-state index contributed by atoms with van der Waals surface area (Å²) in [5, 5.41) is 7.55. The zero-order chi connectivity index (χ0) is 21.5. The van der Waals surface area contributed by atoms with Crippen LogP contribution in [0.25, 0.3) is 27.5 Å². The van der Waals surface area contributed by atoms with Crippen LogP contribution in [0.3, 0.4) is 0 Å². The Hall–Kier alpha value is -3.39. The molecule has 0 unspecified atom stereocenters. The fourth-order valence-corrected chi connectivity index (χ4v) is 4.88. The minimum absolute atomic E-state index is 0.141. The minimum Gasteiger partial charge on any atom is -0.339 e. The lowest BCUT2D eigenvalue weighted by atomic mass is 10.0. The molecule has 0 spiro atoms. The van der Waals surface area contributed by atoms with Crippen LogP contribution in [-0.4, -0.2) is 15.1 Å². The van der Waals surface area contributed by atoms with Gasteiger partial charge in [-0.3, -0.25) is 0 Å². The van der Waals surface area contributed by atoms with E-state index >= 15 is 0 Å². The highest BCUT2D eigenvalue weighted by atomic mass is 32.1. The zero-order valence-corrected chi connectivity index (χ0v) is 17.5. The molecule has 31 heavy (non-hydrogen) atoms. The Morgan fingerprint density at radius 2 is 1.94 bits per heavy atom. The van der Waals surface area contributed by atoms with Crippen LogP contribution in [-0.2, 0) is 12.8 Å². The number of thiazole rings is 1. The van der Waals surface area contributed by atoms with Gasteiger partial charge in [-0.2, -0.15) is 4.98 Å². The van der Waals surface area contributed by atoms with E-state index in [1.165, 1.54) is 35.1 Å². The van der Waals surface area contributed by atoms with Crippen LogP contribution in [0.2, 0.25) is 0 Å². The predicted octanol–water partition coefficient (Wildman–Crippen LogP) is 6.02. The molecule has 2 aromatic heterocycles. The zero-order valence-electron chi connectivity index (χ0n) is 16.7. The number of nitrogens with zero attached hydrogens (tertiary/aromatic N) is 3. The van der Waals surface area contributed by atoms with Gasteiger partial charge in [0, 0.05) is 18.2 Å². The van der Waals surface area contributed by atoms with Gasteiger partial charge in [0.05, 0.1) is 16.1 Å². The largest absolute Gasteiger partial charge is 0.339 e. The summed E-state index contributed by atoms with van der Waals surface area (Å²) in [6.45, 7) is 5.57. The van der Waals surface area contributed by atoms with Crippen LogP contribution >= 0.6 is 11.3 Å². The third-order valence-electron chi connectivity index (χ3n) is 5.22. The summed E-state index contributed by atoms with van der Waals surface area (Å²) in [7, 11) is 0. The first-order valence-corrected chi connectivity index (χ1v) is 10.7. The van der Waals surface area contributed by atoms with Crippen LogP contribution in [0.15, 0.2) is 47.5 Å². The third-order valence-corrected chi connectivity index (χ3v) is 6.26. The van der Waals surface area contributed by atoms with E-state index in [4.69, 9.17) is 4.52 Å². The quantitative estimate of drug-likeness (QED) is 0.424. The Labute approximate surface area is 181 Å². The molecule has 5 rings (SSSR count). The van der Waals surface area contributed by atoms with Gasteiger partial charge in [0.25, 0.3) is 0 Å². The third kappa shape index (κ3) is 3.63. The fraction of sp³-hybridized carbons (Fsp3) is 0.174. The topological polar surface area (TPSA) is 63.8 Å². The maximum absolute atomic E-state index is 14.1. The molecule has 0 aliphatic heterocycles. The lowest BCUT2D eigenvalue weighted by Gasteiger charge is -2.09. The van der Waals surface area contributed by atoms with Crippen molar-refractivity contribution in [1.29, 1.82) is 0 Å². The molecule has 0 atom stereocenters. The van der Waals surface area contributed by atoms with Crippen LogP contribution < -0.4 is 5.32 Å². The summed E-state index contributed by atoms with van der Waals surface area (Å²) >= 11 is 1.45. The highest BCUT2D eigenvalue weighted by Crippen LogP contribution is 2.40. The maximum Gasteiger partial charge on any atom is 0.223 e. The summed E-state index contributed by atoms with van der Waals surface area (Å²) in [5.41, 5.74) is 4.13. The second-order valence-corrected chi connectivity index (χ2v) is 8.36. The van der Waals surface area contributed by atoms with Crippen molar-refractivity contribution in [3.05, 3.63) is 77.3 Å². The number of hydrogen-bond donors (Lipinski definition) is 1. The molecule has 1 N–H and O–H groups in total. The monoisotopic (exact) mass is 436 g/mol. The van der Waals surface area contributed by atoms with E-state index in [2.05, 4.69) is 33.1 Å². The number of benzene rings is 2. The number of nitrogens with one attached hydrogen (secondary N) is 1. The lowest BCUT2D eigenvalue weighted by Crippen LogP contribution is -2.02. The SMILES string of the molecule is C=C(Nc1nc2c(s1)-c1ccc(-c3noc(C)n3)cc1CCC2)c1c(F)cccc1F. The summed E-state index contributed by atoms with van der Waals surface area (Å²) in [5.74, 6) is -0.230. The molecule has 0 saturated carbocycles. The smallest absolute Gasteiger partial charge is 0.223 e. The first-order chi connectivity index (χ1) is 15.0. The normalized spacial score (nSPS) is 12.7. The number of aromatic nitrogens is 3. The van der Waals surface area contributed by atoms with Crippen molar-refractivity contribution < 1.29 is 13.3 Å². The molecule has 0 fully saturated rings. The molecule has 4 aromatic rings. The Balaban J connectivity index is 1.47. The van der Waals surface area contributed by atoms with Crippen LogP contribution in [0, 0.1) is 18.6 Å². The van der Waals surface area contributed by atoms with Crippen molar-refractivity contribution in [3.63, 3.8) is 0 Å². The predicted molar refractivity (Wildman–Crippen MR) is 117 cm³/mol. The van der Waals surface area contributed by atoms with Gasteiger partial charge in [0.15, 0.2) is 5.13 Å². The Morgan fingerprint density at radius 3 is 2.68 bits per heavy atom. The van der Waals surface area contributed by atoms with Gasteiger partial charge < -0.3 is 9.84 Å². The van der Waals surface area contributed by atoms with Crippen LogP contribution in [0.5, 0.6) is 0 Å². The van der Waals surface area contributed by atoms with Gasteiger partial charge in [0.2, 0.25) is 11.7 Å². The van der Waals surface area contributed by atoms with E-state index in [1.54, 1.807) is 6.92 Å². The molecule has 0 amide bonds. The second kappa shape index (κ2) is 7.70. The van der Waals surface area contributed by atoms with Gasteiger partial charge in [-0.1, -0.05) is 41.3 Å². The summed E-state index contributed by atoms with van der Waals surface area (Å²) in [6, 6.07) is 9.86. The molecule has 0 bridgehead atoms. The molecule has 2 aromatic carbocycles. The Bertz CT molecular complexity index is 1290. The van der Waals surface area contributed by atoms with E-state index in [0.29, 0.717) is 16.8 Å². The second-order valence-electron chi connectivity index (χ2n) is 7.36. The highest BCUT2D eigenvalue weighted by molar-refractivity contribution is 7.19.